The van der Waals surface area contributed by atoms with E-state index in [-0.39, 0.29) is 10.4 Å². The lowest BCUT2D eigenvalue weighted by atomic mass is 9.94. The van der Waals surface area contributed by atoms with Crippen LogP contribution in [-0.4, -0.2) is 12.9 Å². The second kappa shape index (κ2) is 5.80. The minimum atomic E-state index is -1.33. The van der Waals surface area contributed by atoms with Gasteiger partial charge in [0.15, 0.2) is 5.78 Å². The van der Waals surface area contributed by atoms with E-state index in [0.717, 1.165) is 23.5 Å². The van der Waals surface area contributed by atoms with Crippen molar-refractivity contribution in [1.82, 2.24) is 0 Å². The van der Waals surface area contributed by atoms with Gasteiger partial charge in [0.25, 0.3) is 0 Å². The zero-order valence-electron chi connectivity index (χ0n) is 10.4. The van der Waals surface area contributed by atoms with Crippen LogP contribution in [0.1, 0.15) is 21.2 Å². The summed E-state index contributed by atoms with van der Waals surface area (Å²) < 4.78 is 31.6. The molecule has 0 amide bonds. The monoisotopic (exact) mass is 293 g/mol. The maximum atomic E-state index is 13.7. The number of Topliss-reactive ketones (excluding diaryl/α,β-unsaturated/α-hetero) is 1. The predicted molar refractivity (Wildman–Crippen MR) is 69.9 cm³/mol. The molecule has 0 saturated heterocycles. The van der Waals surface area contributed by atoms with Crippen molar-refractivity contribution < 1.29 is 18.3 Å². The van der Waals surface area contributed by atoms with Crippen LogP contribution in [0.2, 0.25) is 0 Å². The van der Waals surface area contributed by atoms with Crippen molar-refractivity contribution in [3.63, 3.8) is 0 Å². The summed E-state index contributed by atoms with van der Waals surface area (Å²) in [6.07, 6.45) is 0. The van der Waals surface area contributed by atoms with Gasteiger partial charge in [0.05, 0.1) is 13.2 Å². The minimum Gasteiger partial charge on any atom is -0.495 e. The average molecular weight is 293 g/mol. The number of ketones is 1. The SMILES string of the molecule is COc1ccsc1C(=O)C(C#N)c1ccc(F)cc1F. The van der Waals surface area contributed by atoms with E-state index in [0.29, 0.717) is 11.8 Å². The third kappa shape index (κ3) is 2.53. The Morgan fingerprint density at radius 1 is 1.40 bits per heavy atom. The summed E-state index contributed by atoms with van der Waals surface area (Å²) in [4.78, 5) is 12.5. The Hall–Kier alpha value is -2.26. The summed E-state index contributed by atoms with van der Waals surface area (Å²) in [7, 11) is 1.40. The fraction of sp³-hybridized carbons (Fsp3) is 0.143. The normalized spacial score (nSPS) is 11.7. The van der Waals surface area contributed by atoms with Crippen molar-refractivity contribution in [3.05, 3.63) is 51.7 Å². The molecule has 20 heavy (non-hydrogen) atoms. The molecular weight excluding hydrogens is 284 g/mol. The lowest BCUT2D eigenvalue weighted by Crippen LogP contribution is -2.12. The van der Waals surface area contributed by atoms with Gasteiger partial charge in [0.2, 0.25) is 0 Å². The number of hydrogen-bond acceptors (Lipinski definition) is 4. The molecule has 6 heteroatoms. The molecule has 0 fully saturated rings. The lowest BCUT2D eigenvalue weighted by Gasteiger charge is -2.09. The molecule has 0 bridgehead atoms. The van der Waals surface area contributed by atoms with E-state index in [2.05, 4.69) is 0 Å². The fourth-order valence-corrected chi connectivity index (χ4v) is 2.60. The molecule has 0 aliphatic carbocycles. The van der Waals surface area contributed by atoms with Gasteiger partial charge in [-0.05, 0) is 17.5 Å². The van der Waals surface area contributed by atoms with Crippen molar-refractivity contribution >= 4 is 17.1 Å². The van der Waals surface area contributed by atoms with Gasteiger partial charge in [-0.25, -0.2) is 8.78 Å². The van der Waals surface area contributed by atoms with Gasteiger partial charge >= 0.3 is 0 Å². The van der Waals surface area contributed by atoms with Crippen LogP contribution in [0.5, 0.6) is 5.75 Å². The second-order valence-electron chi connectivity index (χ2n) is 3.91. The van der Waals surface area contributed by atoms with Crippen LogP contribution in [0, 0.1) is 23.0 Å². The molecule has 0 N–H and O–H groups in total. The Morgan fingerprint density at radius 3 is 2.75 bits per heavy atom. The van der Waals surface area contributed by atoms with E-state index in [9.17, 15) is 13.6 Å². The summed E-state index contributed by atoms with van der Waals surface area (Å²) in [5.74, 6) is -3.24. The predicted octanol–water partition coefficient (Wildman–Crippen LogP) is 3.52. The van der Waals surface area contributed by atoms with Crippen LogP contribution in [0.3, 0.4) is 0 Å². The standard InChI is InChI=1S/C14H9F2NO2S/c1-19-12-4-5-20-14(12)13(18)10(7-17)9-3-2-8(15)6-11(9)16/h2-6,10H,1H3. The summed E-state index contributed by atoms with van der Waals surface area (Å²) in [5.41, 5.74) is -0.144. The molecule has 1 unspecified atom stereocenters. The molecule has 0 spiro atoms. The van der Waals surface area contributed by atoms with Crippen molar-refractivity contribution in [3.8, 4) is 11.8 Å². The quantitative estimate of drug-likeness (QED) is 0.810. The van der Waals surface area contributed by atoms with Crippen LogP contribution in [0.15, 0.2) is 29.6 Å². The average Bonchev–Trinajstić information content (AvgIpc) is 2.90. The van der Waals surface area contributed by atoms with E-state index < -0.39 is 23.3 Å². The molecule has 0 radical (unpaired) electrons. The van der Waals surface area contributed by atoms with E-state index in [1.54, 1.807) is 17.5 Å². The number of halogens is 2. The highest BCUT2D eigenvalue weighted by Gasteiger charge is 2.28. The molecular formula is C14H9F2NO2S. The van der Waals surface area contributed by atoms with E-state index >= 15 is 0 Å². The molecule has 0 aliphatic rings. The molecule has 0 saturated carbocycles. The number of carbonyl (C=O) groups excluding carboxylic acids is 1. The Balaban J connectivity index is 2.43. The van der Waals surface area contributed by atoms with E-state index in [1.165, 1.54) is 7.11 Å². The Kier molecular flexibility index (Phi) is 4.11. The van der Waals surface area contributed by atoms with Gasteiger partial charge in [0.1, 0.15) is 28.2 Å². The van der Waals surface area contributed by atoms with E-state index in [4.69, 9.17) is 10.00 Å². The summed E-state index contributed by atoms with van der Waals surface area (Å²) in [5, 5.41) is 10.8. The zero-order chi connectivity index (χ0) is 14.7. The number of nitriles is 1. The number of methoxy groups -OCH3 is 1. The first kappa shape index (κ1) is 14.2. The number of hydrogen-bond donors (Lipinski definition) is 0. The number of benzene rings is 1. The molecule has 1 atom stereocenters. The van der Waals surface area contributed by atoms with Crippen LogP contribution in [-0.2, 0) is 0 Å². The topological polar surface area (TPSA) is 50.1 Å². The van der Waals surface area contributed by atoms with E-state index in [1.807, 2.05) is 0 Å². The van der Waals surface area contributed by atoms with Gasteiger partial charge in [0, 0.05) is 11.6 Å². The minimum absolute atomic E-state index is 0.144. The Bertz CT molecular complexity index is 691. The van der Waals surface area contributed by atoms with Crippen molar-refractivity contribution in [2.24, 2.45) is 0 Å². The highest BCUT2D eigenvalue weighted by molar-refractivity contribution is 7.12. The largest absolute Gasteiger partial charge is 0.495 e. The molecule has 3 nitrogen and oxygen atoms in total. The van der Waals surface area contributed by atoms with Gasteiger partial charge < -0.3 is 4.74 Å². The summed E-state index contributed by atoms with van der Waals surface area (Å²) in [6.45, 7) is 0. The maximum Gasteiger partial charge on any atom is 0.198 e. The number of nitrogens with zero attached hydrogens (tertiary/aromatic N) is 1. The molecule has 1 heterocycles. The zero-order valence-corrected chi connectivity index (χ0v) is 11.2. The Morgan fingerprint density at radius 2 is 2.15 bits per heavy atom. The van der Waals surface area contributed by atoms with Crippen LogP contribution < -0.4 is 4.74 Å². The molecule has 0 aliphatic heterocycles. The summed E-state index contributed by atoms with van der Waals surface area (Å²) >= 11 is 1.11. The molecule has 2 aromatic rings. The first-order valence-electron chi connectivity index (χ1n) is 5.58. The first-order valence-corrected chi connectivity index (χ1v) is 6.46. The van der Waals surface area contributed by atoms with Gasteiger partial charge in [-0.1, -0.05) is 6.07 Å². The smallest absolute Gasteiger partial charge is 0.198 e. The van der Waals surface area contributed by atoms with Crippen LogP contribution in [0.25, 0.3) is 0 Å². The molecule has 2 rings (SSSR count). The third-order valence-electron chi connectivity index (χ3n) is 2.74. The second-order valence-corrected chi connectivity index (χ2v) is 4.83. The number of ether oxygens (including phenoxy) is 1. The van der Waals surface area contributed by atoms with Crippen LogP contribution >= 0.6 is 11.3 Å². The number of rotatable bonds is 4. The highest BCUT2D eigenvalue weighted by Crippen LogP contribution is 2.31. The Labute approximate surface area is 118 Å². The third-order valence-corrected chi connectivity index (χ3v) is 3.65. The highest BCUT2D eigenvalue weighted by atomic mass is 32.1. The van der Waals surface area contributed by atoms with Crippen molar-refractivity contribution in [2.75, 3.05) is 7.11 Å². The lowest BCUT2D eigenvalue weighted by molar-refractivity contribution is 0.0978. The maximum absolute atomic E-state index is 13.7. The number of thiophene rings is 1. The molecule has 1 aromatic heterocycles. The van der Waals surface area contributed by atoms with Gasteiger partial charge in [-0.15, -0.1) is 11.3 Å². The number of carbonyl (C=O) groups is 1. The van der Waals surface area contributed by atoms with Gasteiger partial charge in [-0.2, -0.15) is 5.26 Å². The fourth-order valence-electron chi connectivity index (χ4n) is 1.77. The van der Waals surface area contributed by atoms with Crippen molar-refractivity contribution in [2.45, 2.75) is 5.92 Å². The van der Waals surface area contributed by atoms with Gasteiger partial charge in [-0.3, -0.25) is 4.79 Å². The first-order chi connectivity index (χ1) is 9.58. The summed E-state index contributed by atoms with van der Waals surface area (Å²) in [6, 6.07) is 6.12. The molecule has 102 valence electrons. The van der Waals surface area contributed by atoms with Crippen molar-refractivity contribution in [1.29, 1.82) is 5.26 Å². The molecule has 1 aromatic carbocycles. The van der Waals surface area contributed by atoms with Crippen LogP contribution in [0.4, 0.5) is 8.78 Å².